The average Bonchev–Trinajstić information content (AvgIpc) is 3.20. The molecule has 0 unspecified atom stereocenters. The number of morpholine rings is 1. The molecule has 0 spiro atoms. The van der Waals surface area contributed by atoms with E-state index in [1.54, 1.807) is 47.0 Å². The molecule has 1 fully saturated rings. The zero-order valence-electron chi connectivity index (χ0n) is 18.8. The van der Waals surface area contributed by atoms with Gasteiger partial charge < -0.3 is 14.4 Å². The number of thiazole rings is 1. The van der Waals surface area contributed by atoms with E-state index in [1.165, 1.54) is 11.7 Å². The van der Waals surface area contributed by atoms with Crippen LogP contribution in [0.5, 0.6) is 5.75 Å². The molecule has 2 aromatic carbocycles. The van der Waals surface area contributed by atoms with Crippen molar-refractivity contribution in [3.05, 3.63) is 73.6 Å². The summed E-state index contributed by atoms with van der Waals surface area (Å²) < 4.78 is 12.9. The summed E-state index contributed by atoms with van der Waals surface area (Å²) in [5, 5.41) is 10.0. The molecule has 4 rings (SSSR count). The van der Waals surface area contributed by atoms with Crippen molar-refractivity contribution < 1.29 is 14.3 Å². The Balaban J connectivity index is 1.99. The van der Waals surface area contributed by atoms with Gasteiger partial charge in [0.15, 0.2) is 5.57 Å². The normalized spacial score (nSPS) is 15.1. The van der Waals surface area contributed by atoms with Gasteiger partial charge in [0.1, 0.15) is 16.5 Å². The van der Waals surface area contributed by atoms with Gasteiger partial charge in [-0.15, -0.1) is 23.1 Å². The largest absolute Gasteiger partial charge is 0.495 e. The highest BCUT2D eigenvalue weighted by Gasteiger charge is 2.24. The summed E-state index contributed by atoms with van der Waals surface area (Å²) in [6, 6.07) is 17.0. The summed E-state index contributed by atoms with van der Waals surface area (Å²) in [4.78, 5) is 29.6. The van der Waals surface area contributed by atoms with E-state index in [1.807, 2.05) is 30.5 Å². The molecule has 0 aliphatic carbocycles. The molecule has 1 aromatic heterocycles. The number of rotatable bonds is 5. The Morgan fingerprint density at radius 2 is 1.88 bits per heavy atom. The molecule has 1 saturated heterocycles. The second kappa shape index (κ2) is 10.7. The fourth-order valence-corrected chi connectivity index (χ4v) is 5.14. The lowest BCUT2D eigenvalue weighted by Gasteiger charge is -2.26. The Morgan fingerprint density at radius 1 is 1.18 bits per heavy atom. The number of nitrogens with zero attached hydrogens (tertiary/aromatic N) is 3. The molecular weight excluding hydrogens is 470 g/mol. The van der Waals surface area contributed by atoms with Gasteiger partial charge in [-0.05, 0) is 42.2 Å². The van der Waals surface area contributed by atoms with Gasteiger partial charge >= 0.3 is 0 Å². The number of carbonyl (C=O) groups is 1. The van der Waals surface area contributed by atoms with E-state index in [-0.39, 0.29) is 15.8 Å². The smallest absolute Gasteiger partial charge is 0.273 e. The summed E-state index contributed by atoms with van der Waals surface area (Å²) in [6.07, 6.45) is 3.78. The first kappa shape index (κ1) is 23.8. The fourth-order valence-electron chi connectivity index (χ4n) is 3.65. The molecule has 0 atom stereocenters. The zero-order chi connectivity index (χ0) is 24.1. The monoisotopic (exact) mass is 493 g/mol. The van der Waals surface area contributed by atoms with Crippen molar-refractivity contribution in [2.24, 2.45) is 0 Å². The van der Waals surface area contributed by atoms with Gasteiger partial charge in [-0.25, -0.2) is 0 Å². The molecule has 3 aromatic rings. The Hall–Kier alpha value is -3.32. The molecule has 0 bridgehead atoms. The Bertz CT molecular complexity index is 1410. The molecule has 7 nitrogen and oxygen atoms in total. The van der Waals surface area contributed by atoms with Crippen molar-refractivity contribution in [2.45, 2.75) is 4.90 Å². The van der Waals surface area contributed by atoms with Crippen LogP contribution in [0.2, 0.25) is 0 Å². The van der Waals surface area contributed by atoms with Crippen LogP contribution in [-0.4, -0.2) is 55.0 Å². The van der Waals surface area contributed by atoms with Gasteiger partial charge in [0.25, 0.3) is 11.5 Å². The van der Waals surface area contributed by atoms with E-state index in [4.69, 9.17) is 9.47 Å². The molecule has 174 valence electrons. The predicted octanol–water partition coefficient (Wildman–Crippen LogP) is 1.99. The molecule has 0 radical (unpaired) electrons. The molecule has 1 aliphatic heterocycles. The number of hydrogen-bond acceptors (Lipinski definition) is 7. The van der Waals surface area contributed by atoms with Gasteiger partial charge in [0.2, 0.25) is 0 Å². The second-order valence-corrected chi connectivity index (χ2v) is 9.30. The zero-order valence-corrected chi connectivity index (χ0v) is 20.4. The first-order chi connectivity index (χ1) is 16.6. The number of methoxy groups -OCH3 is 1. The standard InChI is InChI=1S/C25H23N3O4S2/c1-31-21-6-4-3-5-20(21)28-24(30)22(15-17-7-9-18(33-2)10-8-17)34-25(28)19(16-26)23(29)27-11-13-32-14-12-27/h3-10,15H,11-14H2,1-2H3/b22-15+,25-19-. The molecule has 1 amide bonds. The first-order valence-corrected chi connectivity index (χ1v) is 12.6. The summed E-state index contributed by atoms with van der Waals surface area (Å²) in [5.41, 5.74) is 0.933. The number of para-hydroxylation sites is 2. The number of nitriles is 1. The minimum Gasteiger partial charge on any atom is -0.495 e. The molecule has 1 aliphatic rings. The maximum Gasteiger partial charge on any atom is 0.273 e. The van der Waals surface area contributed by atoms with Gasteiger partial charge in [0.05, 0.1) is 30.5 Å². The van der Waals surface area contributed by atoms with Gasteiger partial charge in [0, 0.05) is 18.0 Å². The van der Waals surface area contributed by atoms with Crippen LogP contribution in [0.25, 0.3) is 17.3 Å². The average molecular weight is 494 g/mol. The predicted molar refractivity (Wildman–Crippen MR) is 134 cm³/mol. The quantitative estimate of drug-likeness (QED) is 0.506. The van der Waals surface area contributed by atoms with Crippen LogP contribution in [0.1, 0.15) is 5.56 Å². The number of thioether (sulfide) groups is 1. The topological polar surface area (TPSA) is 84.6 Å². The summed E-state index contributed by atoms with van der Waals surface area (Å²) >= 11 is 2.76. The molecule has 2 heterocycles. The molecular formula is C25H23N3O4S2. The van der Waals surface area contributed by atoms with Gasteiger partial charge in [-0.1, -0.05) is 24.3 Å². The Kier molecular flexibility index (Phi) is 7.53. The van der Waals surface area contributed by atoms with Crippen LogP contribution in [0.4, 0.5) is 0 Å². The highest BCUT2D eigenvalue weighted by Crippen LogP contribution is 2.20. The van der Waals surface area contributed by atoms with Crippen LogP contribution in [0.15, 0.2) is 58.2 Å². The van der Waals surface area contributed by atoms with Crippen molar-refractivity contribution in [1.82, 2.24) is 9.47 Å². The number of ether oxygens (including phenoxy) is 2. The Labute approximate surface area is 205 Å². The minimum atomic E-state index is -0.411. The third-order valence-electron chi connectivity index (χ3n) is 5.40. The van der Waals surface area contributed by atoms with Crippen LogP contribution >= 0.6 is 23.1 Å². The fraction of sp³-hybridized carbons (Fsp3) is 0.240. The lowest BCUT2D eigenvalue weighted by molar-refractivity contribution is -0.128. The molecule has 34 heavy (non-hydrogen) atoms. The first-order valence-electron chi connectivity index (χ1n) is 10.6. The van der Waals surface area contributed by atoms with E-state index in [9.17, 15) is 14.9 Å². The van der Waals surface area contributed by atoms with Crippen LogP contribution in [0, 0.1) is 11.3 Å². The lowest BCUT2D eigenvalue weighted by Crippen LogP contribution is -2.42. The Morgan fingerprint density at radius 3 is 2.53 bits per heavy atom. The van der Waals surface area contributed by atoms with Crippen LogP contribution in [-0.2, 0) is 9.53 Å². The van der Waals surface area contributed by atoms with E-state index >= 15 is 0 Å². The van der Waals surface area contributed by atoms with Crippen molar-refractivity contribution >= 4 is 40.7 Å². The van der Waals surface area contributed by atoms with Crippen LogP contribution < -0.4 is 19.5 Å². The lowest BCUT2D eigenvalue weighted by atomic mass is 10.2. The van der Waals surface area contributed by atoms with E-state index < -0.39 is 5.91 Å². The number of aromatic nitrogens is 1. The van der Waals surface area contributed by atoms with Gasteiger partial charge in [-0.2, -0.15) is 5.26 Å². The van der Waals surface area contributed by atoms with Crippen molar-refractivity contribution in [3.8, 4) is 17.5 Å². The second-order valence-electron chi connectivity index (χ2n) is 7.39. The van der Waals surface area contributed by atoms with E-state index in [0.717, 1.165) is 21.8 Å². The van der Waals surface area contributed by atoms with E-state index in [2.05, 4.69) is 6.07 Å². The SMILES string of the molecule is COc1ccccc1-n1c(=O)/c(=C\c2ccc(SC)cc2)s/c1=C(/C#N)C(=O)N1CCOCC1. The number of amides is 1. The summed E-state index contributed by atoms with van der Waals surface area (Å²) in [5.74, 6) is 0.0576. The number of benzene rings is 2. The molecule has 9 heteroatoms. The number of hydrogen-bond donors (Lipinski definition) is 0. The van der Waals surface area contributed by atoms with Crippen molar-refractivity contribution in [3.63, 3.8) is 0 Å². The van der Waals surface area contributed by atoms with E-state index in [0.29, 0.717) is 42.3 Å². The summed E-state index contributed by atoms with van der Waals surface area (Å²) in [6.45, 7) is 1.63. The third-order valence-corrected chi connectivity index (χ3v) is 7.24. The molecule has 0 saturated carbocycles. The van der Waals surface area contributed by atoms with Gasteiger partial charge in [-0.3, -0.25) is 14.2 Å². The van der Waals surface area contributed by atoms with Crippen molar-refractivity contribution in [1.29, 1.82) is 5.26 Å². The van der Waals surface area contributed by atoms with Crippen molar-refractivity contribution in [2.75, 3.05) is 39.7 Å². The highest BCUT2D eigenvalue weighted by molar-refractivity contribution is 7.98. The summed E-state index contributed by atoms with van der Waals surface area (Å²) in [7, 11) is 1.52. The maximum atomic E-state index is 13.6. The highest BCUT2D eigenvalue weighted by atomic mass is 32.2. The minimum absolute atomic E-state index is 0.0766. The third kappa shape index (κ3) is 4.80. The maximum absolute atomic E-state index is 13.6. The number of carbonyl (C=O) groups excluding carboxylic acids is 1. The molecule has 0 N–H and O–H groups in total. The van der Waals surface area contributed by atoms with Crippen LogP contribution in [0.3, 0.4) is 0 Å².